The van der Waals surface area contributed by atoms with Crippen LogP contribution in [0.5, 0.6) is 5.75 Å². The summed E-state index contributed by atoms with van der Waals surface area (Å²) in [6.45, 7) is 6.70. The largest absolute Gasteiger partial charge is 0.513 e. The summed E-state index contributed by atoms with van der Waals surface area (Å²) >= 11 is 0. The maximum atomic E-state index is 12.3. The van der Waals surface area contributed by atoms with Crippen molar-refractivity contribution in [3.8, 4) is 5.75 Å². The Hall–Kier alpha value is -2.55. The first-order valence-electron chi connectivity index (χ1n) is 9.49. The molecule has 0 aromatic heterocycles. The first kappa shape index (κ1) is 18.2. The second-order valence-corrected chi connectivity index (χ2v) is 6.54. The minimum absolute atomic E-state index is 0.388. The molecule has 3 aromatic carbocycles. The third kappa shape index (κ3) is 3.67. The van der Waals surface area contributed by atoms with Crippen LogP contribution in [0.3, 0.4) is 0 Å². The molecule has 3 nitrogen and oxygen atoms in total. The highest BCUT2D eigenvalue weighted by Gasteiger charge is 2.16. The summed E-state index contributed by atoms with van der Waals surface area (Å²) in [6, 6.07) is 14.7. The van der Waals surface area contributed by atoms with Gasteiger partial charge in [-0.15, -0.1) is 0 Å². The van der Waals surface area contributed by atoms with Crippen LogP contribution in [-0.4, -0.2) is 12.8 Å². The van der Waals surface area contributed by atoms with E-state index in [2.05, 4.69) is 63.2 Å². The average Bonchev–Trinajstić information content (AvgIpc) is 2.66. The Morgan fingerprint density at radius 3 is 2.54 bits per heavy atom. The Kier molecular flexibility index (Phi) is 5.77. The summed E-state index contributed by atoms with van der Waals surface area (Å²) in [5.41, 5.74) is 2.43. The van der Waals surface area contributed by atoms with Gasteiger partial charge in [-0.05, 0) is 47.2 Å². The van der Waals surface area contributed by atoms with Crippen LogP contribution in [0, 0.1) is 0 Å². The molecule has 0 atom stereocenters. The summed E-state index contributed by atoms with van der Waals surface area (Å²) in [5, 5.41) is 4.12. The van der Waals surface area contributed by atoms with Crippen molar-refractivity contribution in [3.05, 3.63) is 53.6 Å². The number of aryl methyl sites for hydroxylation is 2. The van der Waals surface area contributed by atoms with E-state index < -0.39 is 6.16 Å². The summed E-state index contributed by atoms with van der Waals surface area (Å²) < 4.78 is 11.0. The maximum absolute atomic E-state index is 12.3. The van der Waals surface area contributed by atoms with E-state index in [1.165, 1.54) is 11.1 Å². The van der Waals surface area contributed by atoms with Crippen LogP contribution >= 0.6 is 0 Å². The van der Waals surface area contributed by atoms with Gasteiger partial charge in [0.2, 0.25) is 0 Å². The lowest BCUT2D eigenvalue weighted by Gasteiger charge is -2.15. The first-order chi connectivity index (χ1) is 12.7. The van der Waals surface area contributed by atoms with Crippen LogP contribution in [0.25, 0.3) is 21.5 Å². The summed E-state index contributed by atoms with van der Waals surface area (Å²) in [7, 11) is 0. The van der Waals surface area contributed by atoms with Crippen LogP contribution in [0.15, 0.2) is 42.5 Å². The van der Waals surface area contributed by atoms with E-state index in [0.29, 0.717) is 12.4 Å². The SMILES string of the molecule is CCCCOC(=O)Oc1c2ccc(CC)cc2cc2cccc(CC)c12. The topological polar surface area (TPSA) is 35.5 Å². The standard InChI is InChI=1S/C23H26O3/c1-4-7-13-25-23(24)26-22-20-12-11-16(5-2)14-19(20)15-18-10-8-9-17(6-3)21(18)22/h8-12,14-15H,4-7,13H2,1-3H3. The molecular formula is C23H26O3. The van der Waals surface area contributed by atoms with Gasteiger partial charge in [0.15, 0.2) is 0 Å². The zero-order valence-corrected chi connectivity index (χ0v) is 15.8. The molecule has 3 rings (SSSR count). The van der Waals surface area contributed by atoms with Crippen LogP contribution in [0.4, 0.5) is 4.79 Å². The molecule has 3 aromatic rings. The Morgan fingerprint density at radius 1 is 0.962 bits per heavy atom. The normalized spacial score (nSPS) is 11.0. The monoisotopic (exact) mass is 350 g/mol. The highest BCUT2D eigenvalue weighted by Crippen LogP contribution is 2.38. The van der Waals surface area contributed by atoms with Crippen LogP contribution < -0.4 is 4.74 Å². The minimum atomic E-state index is -0.627. The number of hydrogen-bond donors (Lipinski definition) is 0. The highest BCUT2D eigenvalue weighted by molar-refractivity contribution is 6.07. The van der Waals surface area contributed by atoms with Crippen molar-refractivity contribution in [1.82, 2.24) is 0 Å². The van der Waals surface area contributed by atoms with Gasteiger partial charge in [-0.2, -0.15) is 0 Å². The van der Waals surface area contributed by atoms with E-state index in [1.54, 1.807) is 0 Å². The zero-order valence-electron chi connectivity index (χ0n) is 15.8. The molecule has 0 unspecified atom stereocenters. The lowest BCUT2D eigenvalue weighted by atomic mass is 9.96. The van der Waals surface area contributed by atoms with Gasteiger partial charge >= 0.3 is 6.16 Å². The summed E-state index contributed by atoms with van der Waals surface area (Å²) in [5.74, 6) is 0.610. The van der Waals surface area contributed by atoms with Crippen LogP contribution in [-0.2, 0) is 17.6 Å². The molecule has 136 valence electrons. The van der Waals surface area contributed by atoms with Crippen molar-refractivity contribution < 1.29 is 14.3 Å². The van der Waals surface area contributed by atoms with Crippen molar-refractivity contribution in [3.63, 3.8) is 0 Å². The Balaban J connectivity index is 2.15. The van der Waals surface area contributed by atoms with Crippen molar-refractivity contribution in [2.75, 3.05) is 6.61 Å². The summed E-state index contributed by atoms with van der Waals surface area (Å²) in [6.07, 6.45) is 3.03. The van der Waals surface area contributed by atoms with Crippen molar-refractivity contribution in [1.29, 1.82) is 0 Å². The number of ether oxygens (including phenoxy) is 2. The number of unbranched alkanes of at least 4 members (excludes halogenated alkanes) is 1. The smallest absolute Gasteiger partial charge is 0.434 e. The van der Waals surface area contributed by atoms with Gasteiger partial charge in [-0.1, -0.05) is 63.6 Å². The fourth-order valence-electron chi connectivity index (χ4n) is 3.29. The third-order valence-electron chi connectivity index (χ3n) is 4.77. The average molecular weight is 350 g/mol. The molecule has 26 heavy (non-hydrogen) atoms. The maximum Gasteiger partial charge on any atom is 0.513 e. The lowest BCUT2D eigenvalue weighted by molar-refractivity contribution is 0.0988. The molecule has 0 radical (unpaired) electrons. The molecule has 0 saturated heterocycles. The quantitative estimate of drug-likeness (QED) is 0.222. The molecule has 0 fully saturated rings. The second-order valence-electron chi connectivity index (χ2n) is 6.54. The van der Waals surface area contributed by atoms with Gasteiger partial charge in [-0.3, -0.25) is 0 Å². The number of carbonyl (C=O) groups excluding carboxylic acids is 1. The fourth-order valence-corrected chi connectivity index (χ4v) is 3.29. The van der Waals surface area contributed by atoms with Gasteiger partial charge in [0.05, 0.1) is 6.61 Å². The van der Waals surface area contributed by atoms with Crippen molar-refractivity contribution in [2.45, 2.75) is 46.5 Å². The van der Waals surface area contributed by atoms with Gasteiger partial charge < -0.3 is 9.47 Å². The molecule has 0 aliphatic carbocycles. The Labute approximate surface area is 154 Å². The van der Waals surface area contributed by atoms with E-state index in [0.717, 1.165) is 47.2 Å². The Morgan fingerprint density at radius 2 is 1.81 bits per heavy atom. The number of benzene rings is 3. The molecule has 0 saturated carbocycles. The van der Waals surface area contributed by atoms with Crippen molar-refractivity contribution in [2.24, 2.45) is 0 Å². The van der Waals surface area contributed by atoms with E-state index >= 15 is 0 Å². The molecule has 3 heteroatoms. The first-order valence-corrected chi connectivity index (χ1v) is 9.49. The number of hydrogen-bond acceptors (Lipinski definition) is 3. The second kappa shape index (κ2) is 8.22. The predicted molar refractivity (Wildman–Crippen MR) is 107 cm³/mol. The van der Waals surface area contributed by atoms with E-state index in [-0.39, 0.29) is 0 Å². The summed E-state index contributed by atoms with van der Waals surface area (Å²) in [4.78, 5) is 12.3. The fraction of sp³-hybridized carbons (Fsp3) is 0.348. The molecule has 0 spiro atoms. The molecule has 0 aliphatic rings. The van der Waals surface area contributed by atoms with E-state index in [1.807, 2.05) is 0 Å². The predicted octanol–water partition coefficient (Wildman–Crippen LogP) is 6.43. The lowest BCUT2D eigenvalue weighted by Crippen LogP contribution is -2.12. The van der Waals surface area contributed by atoms with Gasteiger partial charge in [0, 0.05) is 10.8 Å². The molecular weight excluding hydrogens is 324 g/mol. The molecule has 0 heterocycles. The minimum Gasteiger partial charge on any atom is -0.434 e. The van der Waals surface area contributed by atoms with Gasteiger partial charge in [-0.25, -0.2) is 4.79 Å². The number of carbonyl (C=O) groups is 1. The molecule has 0 N–H and O–H groups in total. The molecule has 0 bridgehead atoms. The van der Waals surface area contributed by atoms with Crippen molar-refractivity contribution >= 4 is 27.7 Å². The van der Waals surface area contributed by atoms with Crippen LogP contribution in [0.1, 0.15) is 44.7 Å². The highest BCUT2D eigenvalue weighted by atomic mass is 16.7. The molecule has 0 aliphatic heterocycles. The van der Waals surface area contributed by atoms with Gasteiger partial charge in [0.1, 0.15) is 5.75 Å². The number of rotatable bonds is 6. The Bertz CT molecular complexity index is 927. The molecule has 0 amide bonds. The van der Waals surface area contributed by atoms with Gasteiger partial charge in [0.25, 0.3) is 0 Å². The van der Waals surface area contributed by atoms with E-state index in [4.69, 9.17) is 9.47 Å². The van der Waals surface area contributed by atoms with Crippen LogP contribution in [0.2, 0.25) is 0 Å². The zero-order chi connectivity index (χ0) is 18.5. The number of fused-ring (bicyclic) bond motifs is 2. The van der Waals surface area contributed by atoms with E-state index in [9.17, 15) is 4.79 Å². The third-order valence-corrected chi connectivity index (χ3v) is 4.77.